The van der Waals surface area contributed by atoms with Gasteiger partial charge in [0.15, 0.2) is 0 Å². The monoisotopic (exact) mass is 294 g/mol. The van der Waals surface area contributed by atoms with Crippen LogP contribution in [0.1, 0.15) is 51.9 Å². The molecule has 1 unspecified atom stereocenters. The van der Waals surface area contributed by atoms with Crippen molar-refractivity contribution in [3.63, 3.8) is 0 Å². The average Bonchev–Trinajstić information content (AvgIpc) is 3.32. The van der Waals surface area contributed by atoms with Crippen molar-refractivity contribution in [2.24, 2.45) is 5.92 Å². The summed E-state index contributed by atoms with van der Waals surface area (Å²) in [5.74, 6) is 0.561. The Morgan fingerprint density at radius 1 is 1.24 bits per heavy atom. The number of carbonyl (C=O) groups is 2. The van der Waals surface area contributed by atoms with E-state index in [0.29, 0.717) is 25.7 Å². The highest BCUT2D eigenvalue weighted by atomic mass is 16.5. The summed E-state index contributed by atoms with van der Waals surface area (Å²) in [5.41, 5.74) is -0.599. The van der Waals surface area contributed by atoms with Gasteiger partial charge in [0, 0.05) is 13.2 Å². The molecule has 1 heterocycles. The van der Waals surface area contributed by atoms with E-state index in [1.807, 2.05) is 11.8 Å². The molecular weight excluding hydrogens is 268 g/mol. The third kappa shape index (κ3) is 2.68. The van der Waals surface area contributed by atoms with E-state index in [0.717, 1.165) is 44.9 Å². The smallest absolute Gasteiger partial charge is 0.246 e. The van der Waals surface area contributed by atoms with Crippen LogP contribution in [0.5, 0.6) is 0 Å². The fourth-order valence-electron chi connectivity index (χ4n) is 3.85. The molecule has 1 saturated heterocycles. The van der Waals surface area contributed by atoms with Gasteiger partial charge in [0.25, 0.3) is 0 Å². The second-order valence-electron chi connectivity index (χ2n) is 6.57. The number of carbonyl (C=O) groups excluding carboxylic acids is 2. The van der Waals surface area contributed by atoms with Crippen LogP contribution < -0.4 is 5.32 Å². The second kappa shape index (κ2) is 5.95. The van der Waals surface area contributed by atoms with E-state index < -0.39 is 5.54 Å². The maximum absolute atomic E-state index is 12.9. The third-order valence-corrected chi connectivity index (χ3v) is 5.20. The minimum absolute atomic E-state index is 0.0789. The van der Waals surface area contributed by atoms with Crippen molar-refractivity contribution in [3.8, 4) is 0 Å². The number of hydrogen-bond acceptors (Lipinski definition) is 3. The summed E-state index contributed by atoms with van der Waals surface area (Å²) in [6.45, 7) is 3.67. The molecular formula is C16H26N2O3. The zero-order chi connectivity index (χ0) is 14.9. The lowest BCUT2D eigenvalue weighted by Crippen LogP contribution is -2.72. The minimum atomic E-state index is -0.599. The number of amides is 2. The summed E-state index contributed by atoms with van der Waals surface area (Å²) < 4.78 is 5.44. The van der Waals surface area contributed by atoms with E-state index in [9.17, 15) is 9.59 Å². The van der Waals surface area contributed by atoms with Crippen molar-refractivity contribution >= 4 is 11.8 Å². The van der Waals surface area contributed by atoms with Gasteiger partial charge in [0.2, 0.25) is 11.8 Å². The molecule has 1 aliphatic heterocycles. The summed E-state index contributed by atoms with van der Waals surface area (Å²) in [7, 11) is 0. The molecule has 3 fully saturated rings. The van der Waals surface area contributed by atoms with Gasteiger partial charge in [-0.3, -0.25) is 9.59 Å². The molecule has 5 nitrogen and oxygen atoms in total. The first-order chi connectivity index (χ1) is 10.2. The number of piperazine rings is 1. The van der Waals surface area contributed by atoms with Gasteiger partial charge in [0.1, 0.15) is 11.6 Å². The minimum Gasteiger partial charge on any atom is -0.380 e. The van der Waals surface area contributed by atoms with Gasteiger partial charge in [-0.15, -0.1) is 0 Å². The molecule has 0 bridgehead atoms. The van der Waals surface area contributed by atoms with Crippen LogP contribution in [0.4, 0.5) is 0 Å². The van der Waals surface area contributed by atoms with Crippen LogP contribution in [-0.2, 0) is 14.3 Å². The summed E-state index contributed by atoms with van der Waals surface area (Å²) >= 11 is 0. The average molecular weight is 294 g/mol. The van der Waals surface area contributed by atoms with E-state index in [4.69, 9.17) is 4.74 Å². The topological polar surface area (TPSA) is 58.6 Å². The van der Waals surface area contributed by atoms with Gasteiger partial charge in [-0.1, -0.05) is 19.3 Å². The highest BCUT2D eigenvalue weighted by Crippen LogP contribution is 2.41. The van der Waals surface area contributed by atoms with Crippen molar-refractivity contribution in [2.75, 3.05) is 19.8 Å². The summed E-state index contributed by atoms with van der Waals surface area (Å²) in [6, 6.07) is -0.285. The largest absolute Gasteiger partial charge is 0.380 e. The van der Waals surface area contributed by atoms with Crippen LogP contribution in [0.15, 0.2) is 0 Å². The molecule has 2 aliphatic carbocycles. The fraction of sp³-hybridized carbons (Fsp3) is 0.875. The van der Waals surface area contributed by atoms with E-state index in [1.165, 1.54) is 0 Å². The summed E-state index contributed by atoms with van der Waals surface area (Å²) in [4.78, 5) is 27.5. The van der Waals surface area contributed by atoms with Crippen LogP contribution in [0.2, 0.25) is 0 Å². The van der Waals surface area contributed by atoms with Crippen LogP contribution in [0, 0.1) is 5.92 Å². The van der Waals surface area contributed by atoms with Crippen molar-refractivity contribution < 1.29 is 14.3 Å². The van der Waals surface area contributed by atoms with Crippen molar-refractivity contribution in [3.05, 3.63) is 0 Å². The summed E-state index contributed by atoms with van der Waals surface area (Å²) in [5, 5.41) is 3.04. The molecule has 1 N–H and O–H groups in total. The van der Waals surface area contributed by atoms with E-state index in [2.05, 4.69) is 5.32 Å². The second-order valence-corrected chi connectivity index (χ2v) is 6.57. The highest BCUT2D eigenvalue weighted by molar-refractivity contribution is 6.00. The van der Waals surface area contributed by atoms with E-state index in [1.54, 1.807) is 0 Å². The first-order valence-electron chi connectivity index (χ1n) is 8.39. The Morgan fingerprint density at radius 2 is 1.95 bits per heavy atom. The Kier molecular flexibility index (Phi) is 4.20. The molecule has 1 spiro atoms. The fourth-order valence-corrected chi connectivity index (χ4v) is 3.85. The van der Waals surface area contributed by atoms with Crippen LogP contribution in [0.3, 0.4) is 0 Å². The molecule has 2 amide bonds. The SMILES string of the molecule is CCOCCN1C(=O)C(C2CC2)NC(=O)C12CCCCC2. The Morgan fingerprint density at radius 3 is 2.57 bits per heavy atom. The normalized spacial score (nSPS) is 28.8. The number of hydrogen-bond donors (Lipinski definition) is 1. The Bertz CT molecular complexity index is 414. The zero-order valence-corrected chi connectivity index (χ0v) is 12.9. The van der Waals surface area contributed by atoms with Gasteiger partial charge in [-0.25, -0.2) is 0 Å². The molecule has 0 aromatic rings. The first-order valence-corrected chi connectivity index (χ1v) is 8.39. The van der Waals surface area contributed by atoms with Crippen LogP contribution in [0.25, 0.3) is 0 Å². The number of nitrogens with zero attached hydrogens (tertiary/aromatic N) is 1. The molecule has 118 valence electrons. The molecule has 3 aliphatic rings. The molecule has 0 radical (unpaired) electrons. The van der Waals surface area contributed by atoms with Crippen molar-refractivity contribution in [1.82, 2.24) is 10.2 Å². The number of ether oxygens (including phenoxy) is 1. The molecule has 5 heteroatoms. The molecule has 0 aromatic heterocycles. The van der Waals surface area contributed by atoms with E-state index in [-0.39, 0.29) is 17.9 Å². The van der Waals surface area contributed by atoms with Gasteiger partial charge in [0.05, 0.1) is 6.61 Å². The lowest BCUT2D eigenvalue weighted by Gasteiger charge is -2.50. The summed E-state index contributed by atoms with van der Waals surface area (Å²) in [6.07, 6.45) is 6.93. The maximum atomic E-state index is 12.9. The highest BCUT2D eigenvalue weighted by Gasteiger charge is 2.55. The predicted octanol–water partition coefficient (Wildman–Crippen LogP) is 1.46. The molecule has 2 saturated carbocycles. The van der Waals surface area contributed by atoms with Crippen molar-refractivity contribution in [2.45, 2.75) is 63.5 Å². The van der Waals surface area contributed by atoms with Crippen LogP contribution in [-0.4, -0.2) is 48.1 Å². The van der Waals surface area contributed by atoms with Crippen LogP contribution >= 0.6 is 0 Å². The Hall–Kier alpha value is -1.10. The molecule has 0 aromatic carbocycles. The van der Waals surface area contributed by atoms with Gasteiger partial charge < -0.3 is 15.0 Å². The lowest BCUT2D eigenvalue weighted by molar-refractivity contribution is -0.161. The third-order valence-electron chi connectivity index (χ3n) is 5.20. The Labute approximate surface area is 126 Å². The lowest BCUT2D eigenvalue weighted by atomic mass is 9.77. The number of rotatable bonds is 5. The van der Waals surface area contributed by atoms with E-state index >= 15 is 0 Å². The van der Waals surface area contributed by atoms with Gasteiger partial charge in [-0.05, 0) is 38.5 Å². The quantitative estimate of drug-likeness (QED) is 0.781. The number of nitrogens with one attached hydrogen (secondary N) is 1. The maximum Gasteiger partial charge on any atom is 0.246 e. The standard InChI is InChI=1S/C16H26N2O3/c1-2-21-11-10-18-14(19)13(12-6-7-12)17-15(20)16(18)8-4-3-5-9-16/h12-13H,2-11H2,1H3,(H,17,20). The molecule has 21 heavy (non-hydrogen) atoms. The molecule has 3 rings (SSSR count). The van der Waals surface area contributed by atoms with Gasteiger partial charge in [-0.2, -0.15) is 0 Å². The van der Waals surface area contributed by atoms with Crippen molar-refractivity contribution in [1.29, 1.82) is 0 Å². The predicted molar refractivity (Wildman–Crippen MR) is 78.7 cm³/mol. The molecule has 1 atom stereocenters. The zero-order valence-electron chi connectivity index (χ0n) is 12.9. The Balaban J connectivity index is 1.81. The van der Waals surface area contributed by atoms with Gasteiger partial charge >= 0.3 is 0 Å². The first kappa shape index (κ1) is 14.8.